The number of rotatable bonds is 8. The molecule has 204 valence electrons. The second kappa shape index (κ2) is 12.5. The second-order valence-electron chi connectivity index (χ2n) is 8.81. The molecule has 5 atom stereocenters. The van der Waals surface area contributed by atoms with Gasteiger partial charge >= 0.3 is 23.9 Å². The highest BCUT2D eigenvalue weighted by molar-refractivity contribution is 5.69. The van der Waals surface area contributed by atoms with Crippen molar-refractivity contribution in [2.24, 2.45) is 0 Å². The van der Waals surface area contributed by atoms with Gasteiger partial charge in [-0.15, -0.1) is 0 Å². The molecule has 0 amide bonds. The maximum absolute atomic E-state index is 14.8. The molecule has 2 aromatic carbocycles. The Morgan fingerprint density at radius 3 is 1.97 bits per heavy atom. The summed E-state index contributed by atoms with van der Waals surface area (Å²) in [4.78, 5) is 47.5. The van der Waals surface area contributed by atoms with Gasteiger partial charge in [-0.05, 0) is 41.0 Å². The Balaban J connectivity index is 2.06. The van der Waals surface area contributed by atoms with Gasteiger partial charge in [-0.2, -0.15) is 0 Å². The van der Waals surface area contributed by atoms with Crippen LogP contribution >= 0.6 is 0 Å². The fourth-order valence-electron chi connectivity index (χ4n) is 4.24. The Morgan fingerprint density at radius 2 is 1.39 bits per heavy atom. The fraction of sp³-hybridized carbons (Fsp3) is 0.407. The van der Waals surface area contributed by atoms with E-state index in [0.29, 0.717) is 5.56 Å². The average molecular weight is 533 g/mol. The first-order valence-corrected chi connectivity index (χ1v) is 11.8. The number of aromatic hydroxyl groups is 1. The number of hydrogen-bond donors (Lipinski definition) is 1. The first-order valence-electron chi connectivity index (χ1n) is 11.8. The topological polar surface area (TPSA) is 135 Å². The predicted octanol–water partition coefficient (Wildman–Crippen LogP) is 2.92. The monoisotopic (exact) mass is 532 g/mol. The molecule has 11 heteroatoms. The van der Waals surface area contributed by atoms with Crippen molar-refractivity contribution >= 4 is 23.9 Å². The highest BCUT2D eigenvalue weighted by atomic mass is 19.1. The third-order valence-electron chi connectivity index (χ3n) is 5.72. The van der Waals surface area contributed by atoms with Crippen LogP contribution < -0.4 is 0 Å². The Bertz CT molecular complexity index is 1180. The lowest BCUT2D eigenvalue weighted by molar-refractivity contribution is -0.254. The molecule has 0 unspecified atom stereocenters. The summed E-state index contributed by atoms with van der Waals surface area (Å²) in [6.45, 7) is 4.23. The van der Waals surface area contributed by atoms with Crippen molar-refractivity contribution in [2.75, 3.05) is 6.61 Å². The third-order valence-corrected chi connectivity index (χ3v) is 5.72. The maximum atomic E-state index is 14.8. The molecule has 0 aromatic heterocycles. The minimum Gasteiger partial charge on any atom is -0.508 e. The van der Waals surface area contributed by atoms with Crippen molar-refractivity contribution in [1.82, 2.24) is 0 Å². The minimum atomic E-state index is -1.33. The second-order valence-corrected chi connectivity index (χ2v) is 8.81. The van der Waals surface area contributed by atoms with E-state index in [1.54, 1.807) is 12.1 Å². The summed E-state index contributed by atoms with van der Waals surface area (Å²) >= 11 is 0. The molecule has 3 rings (SSSR count). The van der Waals surface area contributed by atoms with E-state index in [4.69, 9.17) is 23.7 Å². The molecule has 0 spiro atoms. The van der Waals surface area contributed by atoms with Crippen molar-refractivity contribution in [3.05, 3.63) is 65.0 Å². The molecule has 1 aliphatic heterocycles. The molecule has 2 aromatic rings. The van der Waals surface area contributed by atoms with E-state index < -0.39 is 60.2 Å². The van der Waals surface area contributed by atoms with Gasteiger partial charge in [-0.3, -0.25) is 19.2 Å². The van der Waals surface area contributed by atoms with Gasteiger partial charge in [0.05, 0.1) is 0 Å². The van der Waals surface area contributed by atoms with Crippen molar-refractivity contribution < 1.29 is 52.4 Å². The van der Waals surface area contributed by atoms with Crippen LogP contribution in [0.2, 0.25) is 0 Å². The Labute approximate surface area is 218 Å². The zero-order valence-electron chi connectivity index (χ0n) is 21.3. The Hall–Kier alpha value is -3.99. The van der Waals surface area contributed by atoms with Gasteiger partial charge in [-0.25, -0.2) is 4.39 Å². The summed E-state index contributed by atoms with van der Waals surface area (Å²) in [7, 11) is 0. The number of carbonyl (C=O) groups is 4. The van der Waals surface area contributed by atoms with E-state index in [0.717, 1.165) is 26.3 Å². The van der Waals surface area contributed by atoms with E-state index in [1.165, 1.54) is 37.3 Å². The summed E-state index contributed by atoms with van der Waals surface area (Å²) in [6.07, 6.45) is -5.96. The maximum Gasteiger partial charge on any atom is 0.303 e. The van der Waals surface area contributed by atoms with Gasteiger partial charge in [-0.1, -0.05) is 18.2 Å². The lowest BCUT2D eigenvalue weighted by atomic mass is 9.89. The highest BCUT2D eigenvalue weighted by Crippen LogP contribution is 2.38. The normalized spacial score (nSPS) is 22.7. The first kappa shape index (κ1) is 28.6. The molecule has 0 bridgehead atoms. The number of carbonyl (C=O) groups excluding carboxylic acids is 4. The van der Waals surface area contributed by atoms with Crippen molar-refractivity contribution in [3.8, 4) is 5.75 Å². The predicted molar refractivity (Wildman–Crippen MR) is 128 cm³/mol. The van der Waals surface area contributed by atoms with Crippen LogP contribution in [0, 0.1) is 5.82 Å². The van der Waals surface area contributed by atoms with E-state index in [9.17, 15) is 28.7 Å². The zero-order chi connectivity index (χ0) is 28.0. The van der Waals surface area contributed by atoms with Gasteiger partial charge in [0.2, 0.25) is 0 Å². The largest absolute Gasteiger partial charge is 0.508 e. The quantitative estimate of drug-likeness (QED) is 0.399. The van der Waals surface area contributed by atoms with Crippen LogP contribution in [0.5, 0.6) is 5.75 Å². The number of phenolic OH excluding ortho intramolecular Hbond substituents is 1. The number of phenols is 1. The summed E-state index contributed by atoms with van der Waals surface area (Å²) in [5.41, 5.74) is 1.37. The zero-order valence-corrected chi connectivity index (χ0v) is 21.3. The number of benzene rings is 2. The van der Waals surface area contributed by atoms with Gasteiger partial charge in [0.1, 0.15) is 30.4 Å². The third kappa shape index (κ3) is 7.51. The van der Waals surface area contributed by atoms with Crippen LogP contribution in [0.3, 0.4) is 0 Å². The van der Waals surface area contributed by atoms with Crippen LogP contribution in [0.25, 0.3) is 0 Å². The molecule has 0 aliphatic carbocycles. The van der Waals surface area contributed by atoms with Crippen molar-refractivity contribution in [2.45, 2.75) is 64.6 Å². The molecule has 1 aliphatic rings. The summed E-state index contributed by atoms with van der Waals surface area (Å²) in [5.74, 6) is -3.28. The Kier molecular flexibility index (Phi) is 9.40. The summed E-state index contributed by atoms with van der Waals surface area (Å²) < 4.78 is 42.4. The molecule has 1 fully saturated rings. The molecule has 0 saturated carbocycles. The lowest BCUT2D eigenvalue weighted by Gasteiger charge is -2.44. The first-order chi connectivity index (χ1) is 17.9. The number of hydrogen-bond acceptors (Lipinski definition) is 10. The van der Waals surface area contributed by atoms with Crippen LogP contribution in [-0.4, -0.2) is 60.0 Å². The Morgan fingerprint density at radius 1 is 0.816 bits per heavy atom. The number of ether oxygens (including phenoxy) is 5. The van der Waals surface area contributed by atoms with E-state index >= 15 is 0 Å². The molecule has 38 heavy (non-hydrogen) atoms. The van der Waals surface area contributed by atoms with Gasteiger partial charge in [0, 0.05) is 34.1 Å². The fourth-order valence-corrected chi connectivity index (χ4v) is 4.24. The summed E-state index contributed by atoms with van der Waals surface area (Å²) in [6, 6.07) is 10.4. The SMILES string of the molecule is CC(=O)OC[C@H]1O[C@@H](c2ccc(F)c(Cc3ccc(O)cc3)c2)[C@H](OC(C)=O)[C@@H](OC(C)=O)[C@@H]1OC(C)=O. The standard InChI is InChI=1S/C27H29FO10/c1-14(29)34-13-23-25(35-15(2)30)27(37-17(4)32)26(36-16(3)31)24(38-23)19-7-10-22(28)20(12-19)11-18-5-8-21(33)9-6-18/h5-10,12,23-27,33H,11,13H2,1-4H3/t23-,24+,25-,26+,27+/m1/s1. The molecule has 10 nitrogen and oxygen atoms in total. The van der Waals surface area contributed by atoms with E-state index in [2.05, 4.69) is 0 Å². The molecule has 1 heterocycles. The van der Waals surface area contributed by atoms with E-state index in [1.807, 2.05) is 0 Å². The summed E-state index contributed by atoms with van der Waals surface area (Å²) in [5, 5.41) is 9.53. The van der Waals surface area contributed by atoms with Gasteiger partial charge < -0.3 is 28.8 Å². The molecule has 1 N–H and O–H groups in total. The lowest BCUT2D eigenvalue weighted by Crippen LogP contribution is -2.59. The van der Waals surface area contributed by atoms with E-state index in [-0.39, 0.29) is 24.3 Å². The van der Waals surface area contributed by atoms with Crippen LogP contribution in [-0.2, 0) is 49.3 Å². The van der Waals surface area contributed by atoms with Crippen molar-refractivity contribution in [1.29, 1.82) is 0 Å². The molecule has 0 radical (unpaired) electrons. The van der Waals surface area contributed by atoms with Crippen LogP contribution in [0.4, 0.5) is 4.39 Å². The van der Waals surface area contributed by atoms with Crippen LogP contribution in [0.15, 0.2) is 42.5 Å². The smallest absolute Gasteiger partial charge is 0.303 e. The van der Waals surface area contributed by atoms with Gasteiger partial charge in [0.25, 0.3) is 0 Å². The molecular weight excluding hydrogens is 503 g/mol. The number of halogens is 1. The highest BCUT2D eigenvalue weighted by Gasteiger charge is 2.52. The molecule has 1 saturated heterocycles. The van der Waals surface area contributed by atoms with Crippen molar-refractivity contribution in [3.63, 3.8) is 0 Å². The minimum absolute atomic E-state index is 0.0699. The van der Waals surface area contributed by atoms with Crippen LogP contribution in [0.1, 0.15) is 50.5 Å². The molecular formula is C27H29FO10. The average Bonchev–Trinajstić information content (AvgIpc) is 2.82. The van der Waals surface area contributed by atoms with Gasteiger partial charge in [0.15, 0.2) is 18.3 Å². The number of esters is 4.